The highest BCUT2D eigenvalue weighted by molar-refractivity contribution is 5.93. The van der Waals surface area contributed by atoms with Crippen LogP contribution in [0.15, 0.2) is 12.5 Å². The molecule has 21 heavy (non-hydrogen) atoms. The number of aryl methyl sites for hydroxylation is 1. The summed E-state index contributed by atoms with van der Waals surface area (Å²) in [4.78, 5) is 16.1. The molecule has 2 rings (SSSR count). The normalized spacial score (nSPS) is 11.7. The van der Waals surface area contributed by atoms with Crippen molar-refractivity contribution in [3.05, 3.63) is 18.2 Å². The average Bonchev–Trinajstić information content (AvgIpc) is 2.93. The number of aliphatic hydroxyl groups is 1. The number of esters is 1. The standard InChI is InChI=1S/C13H19N5O3/c1-5-21-12(19)10-11(9-6-14-8-17(9)4)18(16-15-10)7-13(2,3)20/h6,8,20H,5,7H2,1-4H3. The van der Waals surface area contributed by atoms with Gasteiger partial charge in [-0.05, 0) is 20.8 Å². The molecule has 0 aliphatic rings. The Morgan fingerprint density at radius 3 is 2.71 bits per heavy atom. The maximum absolute atomic E-state index is 12.0. The Morgan fingerprint density at radius 1 is 1.48 bits per heavy atom. The van der Waals surface area contributed by atoms with Crippen LogP contribution in [-0.2, 0) is 18.3 Å². The van der Waals surface area contributed by atoms with Crippen molar-refractivity contribution in [2.24, 2.45) is 7.05 Å². The van der Waals surface area contributed by atoms with Crippen LogP contribution in [0, 0.1) is 0 Å². The first-order chi connectivity index (χ1) is 9.83. The second-order valence-electron chi connectivity index (χ2n) is 5.37. The fourth-order valence-corrected chi connectivity index (χ4v) is 1.97. The van der Waals surface area contributed by atoms with E-state index in [1.54, 1.807) is 44.9 Å². The quantitative estimate of drug-likeness (QED) is 0.812. The zero-order chi connectivity index (χ0) is 15.6. The maximum Gasteiger partial charge on any atom is 0.361 e. The first-order valence-electron chi connectivity index (χ1n) is 6.63. The number of imidazole rings is 1. The minimum atomic E-state index is -0.993. The van der Waals surface area contributed by atoms with Crippen LogP contribution >= 0.6 is 0 Å². The predicted octanol–water partition coefficient (Wildman–Crippen LogP) is 0.626. The van der Waals surface area contributed by atoms with Crippen molar-refractivity contribution in [3.63, 3.8) is 0 Å². The van der Waals surface area contributed by atoms with Gasteiger partial charge in [-0.2, -0.15) is 0 Å². The summed E-state index contributed by atoms with van der Waals surface area (Å²) in [5.74, 6) is -0.546. The highest BCUT2D eigenvalue weighted by Gasteiger charge is 2.26. The molecule has 114 valence electrons. The van der Waals surface area contributed by atoms with Crippen molar-refractivity contribution in [2.75, 3.05) is 6.61 Å². The van der Waals surface area contributed by atoms with Crippen molar-refractivity contribution in [1.82, 2.24) is 24.5 Å². The average molecular weight is 293 g/mol. The molecule has 0 fully saturated rings. The topological polar surface area (TPSA) is 95.1 Å². The van der Waals surface area contributed by atoms with Gasteiger partial charge in [-0.25, -0.2) is 14.5 Å². The molecule has 0 bridgehead atoms. The molecule has 0 amide bonds. The molecule has 8 nitrogen and oxygen atoms in total. The van der Waals surface area contributed by atoms with Gasteiger partial charge in [0.05, 0.1) is 37.0 Å². The van der Waals surface area contributed by atoms with Gasteiger partial charge < -0.3 is 14.4 Å². The molecule has 8 heteroatoms. The Morgan fingerprint density at radius 2 is 2.19 bits per heavy atom. The van der Waals surface area contributed by atoms with Gasteiger partial charge in [-0.1, -0.05) is 5.21 Å². The molecule has 0 aliphatic carbocycles. The monoisotopic (exact) mass is 293 g/mol. The van der Waals surface area contributed by atoms with Gasteiger partial charge in [0.2, 0.25) is 0 Å². The Balaban J connectivity index is 2.53. The lowest BCUT2D eigenvalue weighted by Gasteiger charge is -2.18. The third-order valence-electron chi connectivity index (χ3n) is 2.80. The fraction of sp³-hybridized carbons (Fsp3) is 0.538. The number of carbonyl (C=O) groups excluding carboxylic acids is 1. The first-order valence-corrected chi connectivity index (χ1v) is 6.63. The molecular formula is C13H19N5O3. The van der Waals surface area contributed by atoms with Crippen LogP contribution in [0.2, 0.25) is 0 Å². The number of nitrogens with zero attached hydrogens (tertiary/aromatic N) is 5. The van der Waals surface area contributed by atoms with E-state index < -0.39 is 11.6 Å². The summed E-state index contributed by atoms with van der Waals surface area (Å²) in [6.45, 7) is 5.49. The zero-order valence-corrected chi connectivity index (χ0v) is 12.6. The molecule has 2 aromatic rings. The van der Waals surface area contributed by atoms with E-state index in [4.69, 9.17) is 4.74 Å². The van der Waals surface area contributed by atoms with Crippen LogP contribution in [0.4, 0.5) is 0 Å². The lowest BCUT2D eigenvalue weighted by molar-refractivity contribution is 0.0516. The fourth-order valence-electron chi connectivity index (χ4n) is 1.97. The number of hydrogen-bond acceptors (Lipinski definition) is 6. The van der Waals surface area contributed by atoms with E-state index in [1.165, 1.54) is 4.68 Å². The Hall–Kier alpha value is -2.22. The van der Waals surface area contributed by atoms with E-state index in [1.807, 2.05) is 0 Å². The molecule has 2 heterocycles. The molecule has 0 spiro atoms. The summed E-state index contributed by atoms with van der Waals surface area (Å²) in [5.41, 5.74) is 0.278. The summed E-state index contributed by atoms with van der Waals surface area (Å²) in [5, 5.41) is 17.9. The Bertz CT molecular complexity index is 639. The van der Waals surface area contributed by atoms with Gasteiger partial charge in [0, 0.05) is 7.05 Å². The van der Waals surface area contributed by atoms with Gasteiger partial charge >= 0.3 is 5.97 Å². The largest absolute Gasteiger partial charge is 0.461 e. The SMILES string of the molecule is CCOC(=O)c1nnn(CC(C)(C)O)c1-c1cncn1C. The van der Waals surface area contributed by atoms with Gasteiger partial charge in [0.15, 0.2) is 5.69 Å². The molecule has 1 N–H and O–H groups in total. The van der Waals surface area contributed by atoms with Crippen molar-refractivity contribution < 1.29 is 14.6 Å². The molecule has 0 atom stereocenters. The van der Waals surface area contributed by atoms with Crippen molar-refractivity contribution in [1.29, 1.82) is 0 Å². The third kappa shape index (κ3) is 3.27. The molecular weight excluding hydrogens is 274 g/mol. The van der Waals surface area contributed by atoms with Crippen molar-refractivity contribution >= 4 is 5.97 Å². The summed E-state index contributed by atoms with van der Waals surface area (Å²) in [7, 11) is 1.80. The Labute approximate surface area is 122 Å². The molecule has 2 aromatic heterocycles. The second kappa shape index (κ2) is 5.65. The molecule has 0 saturated heterocycles. The number of ether oxygens (including phenoxy) is 1. The summed E-state index contributed by atoms with van der Waals surface area (Å²) >= 11 is 0. The highest BCUT2D eigenvalue weighted by atomic mass is 16.5. The molecule has 0 aliphatic heterocycles. The number of aromatic nitrogens is 5. The first kappa shape index (κ1) is 15.2. The predicted molar refractivity (Wildman–Crippen MR) is 74.5 cm³/mol. The number of rotatable bonds is 5. The molecule has 0 saturated carbocycles. The lowest BCUT2D eigenvalue weighted by Crippen LogP contribution is -2.27. The number of hydrogen-bond donors (Lipinski definition) is 1. The van der Waals surface area contributed by atoms with Crippen LogP contribution in [0.5, 0.6) is 0 Å². The molecule has 0 radical (unpaired) electrons. The van der Waals surface area contributed by atoms with Gasteiger partial charge in [0.1, 0.15) is 5.69 Å². The van der Waals surface area contributed by atoms with Crippen LogP contribution in [0.3, 0.4) is 0 Å². The third-order valence-corrected chi connectivity index (χ3v) is 2.80. The summed E-state index contributed by atoms with van der Waals surface area (Å²) in [6.07, 6.45) is 3.23. The van der Waals surface area contributed by atoms with Gasteiger partial charge in [-0.15, -0.1) is 5.10 Å². The smallest absolute Gasteiger partial charge is 0.361 e. The van der Waals surface area contributed by atoms with Crippen LogP contribution in [0.1, 0.15) is 31.3 Å². The van der Waals surface area contributed by atoms with E-state index >= 15 is 0 Å². The minimum Gasteiger partial charge on any atom is -0.461 e. The van der Waals surface area contributed by atoms with Crippen LogP contribution in [-0.4, -0.2) is 47.8 Å². The van der Waals surface area contributed by atoms with E-state index in [9.17, 15) is 9.90 Å². The van der Waals surface area contributed by atoms with Gasteiger partial charge in [-0.3, -0.25) is 0 Å². The summed E-state index contributed by atoms with van der Waals surface area (Å²) < 4.78 is 8.24. The van der Waals surface area contributed by atoms with Crippen molar-refractivity contribution in [3.8, 4) is 11.4 Å². The second-order valence-corrected chi connectivity index (χ2v) is 5.37. The van der Waals surface area contributed by atoms with Gasteiger partial charge in [0.25, 0.3) is 0 Å². The number of carbonyl (C=O) groups is 1. The van der Waals surface area contributed by atoms with E-state index in [-0.39, 0.29) is 18.8 Å². The lowest BCUT2D eigenvalue weighted by atomic mass is 10.1. The Kier molecular flexibility index (Phi) is 4.08. The highest BCUT2D eigenvalue weighted by Crippen LogP contribution is 2.23. The summed E-state index contributed by atoms with van der Waals surface area (Å²) in [6, 6.07) is 0. The maximum atomic E-state index is 12.0. The van der Waals surface area contributed by atoms with Crippen LogP contribution in [0.25, 0.3) is 11.4 Å². The minimum absolute atomic E-state index is 0.115. The van der Waals surface area contributed by atoms with E-state index in [2.05, 4.69) is 15.3 Å². The molecule has 0 unspecified atom stereocenters. The van der Waals surface area contributed by atoms with E-state index in [0.29, 0.717) is 11.4 Å². The molecule has 0 aromatic carbocycles. The zero-order valence-electron chi connectivity index (χ0n) is 12.6. The van der Waals surface area contributed by atoms with Crippen molar-refractivity contribution in [2.45, 2.75) is 32.9 Å². The van der Waals surface area contributed by atoms with Crippen LogP contribution < -0.4 is 0 Å². The van der Waals surface area contributed by atoms with E-state index in [0.717, 1.165) is 0 Å².